The van der Waals surface area contributed by atoms with Crippen molar-refractivity contribution in [3.8, 4) is 0 Å². The van der Waals surface area contributed by atoms with Crippen molar-refractivity contribution >= 4 is 0 Å². The number of nitrogens with one attached hydrogen (secondary N) is 1. The summed E-state index contributed by atoms with van der Waals surface area (Å²) in [5.41, 5.74) is 2.49. The highest BCUT2D eigenvalue weighted by Gasteiger charge is 2.07. The van der Waals surface area contributed by atoms with Crippen molar-refractivity contribution in [2.45, 2.75) is 26.0 Å². The molecule has 0 aliphatic rings. The van der Waals surface area contributed by atoms with Crippen LogP contribution >= 0.6 is 0 Å². The second kappa shape index (κ2) is 6.63. The molecule has 1 aromatic rings. The molecule has 0 fully saturated rings. The summed E-state index contributed by atoms with van der Waals surface area (Å²) < 4.78 is 4.87. The molecule has 90 valence electrons. The van der Waals surface area contributed by atoms with Gasteiger partial charge in [0.05, 0.1) is 12.7 Å². The van der Waals surface area contributed by atoms with Crippen LogP contribution in [-0.2, 0) is 4.74 Å². The van der Waals surface area contributed by atoms with Crippen LogP contribution in [0.4, 0.5) is 0 Å². The third-order valence-corrected chi connectivity index (χ3v) is 2.60. The summed E-state index contributed by atoms with van der Waals surface area (Å²) in [5.74, 6) is 0. The number of aliphatic hydroxyl groups is 1. The Morgan fingerprint density at radius 2 is 1.94 bits per heavy atom. The molecule has 2 N–H and O–H groups in total. The lowest BCUT2D eigenvalue weighted by Crippen LogP contribution is -2.31. The molecule has 2 atom stereocenters. The summed E-state index contributed by atoms with van der Waals surface area (Å²) in [6, 6.07) is 8.65. The molecular weight excluding hydrogens is 202 g/mol. The quantitative estimate of drug-likeness (QED) is 0.770. The number of benzene rings is 1. The molecule has 1 rings (SSSR count). The summed E-state index contributed by atoms with van der Waals surface area (Å²) >= 11 is 0. The van der Waals surface area contributed by atoms with Gasteiger partial charge in [0, 0.05) is 19.7 Å². The van der Waals surface area contributed by atoms with Crippen molar-refractivity contribution in [2.75, 3.05) is 20.3 Å². The maximum Gasteiger partial charge on any atom is 0.0897 e. The van der Waals surface area contributed by atoms with Crippen molar-refractivity contribution in [2.24, 2.45) is 0 Å². The van der Waals surface area contributed by atoms with Crippen LogP contribution < -0.4 is 5.32 Å². The van der Waals surface area contributed by atoms with E-state index in [1.807, 2.05) is 0 Å². The Balaban J connectivity index is 2.40. The second-order valence-electron chi connectivity index (χ2n) is 4.15. The van der Waals surface area contributed by atoms with Gasteiger partial charge in [0.15, 0.2) is 0 Å². The zero-order valence-electron chi connectivity index (χ0n) is 10.2. The molecular formula is C13H21NO2. The van der Waals surface area contributed by atoms with Crippen LogP contribution in [0.2, 0.25) is 0 Å². The first-order valence-corrected chi connectivity index (χ1v) is 5.60. The Labute approximate surface area is 97.4 Å². The lowest BCUT2D eigenvalue weighted by atomic mass is 10.1. The minimum absolute atomic E-state index is 0.243. The average Bonchev–Trinajstić information content (AvgIpc) is 2.27. The largest absolute Gasteiger partial charge is 0.389 e. The van der Waals surface area contributed by atoms with Crippen LogP contribution in [0.1, 0.15) is 24.1 Å². The van der Waals surface area contributed by atoms with Gasteiger partial charge in [-0.3, -0.25) is 0 Å². The van der Waals surface area contributed by atoms with Crippen molar-refractivity contribution in [3.63, 3.8) is 0 Å². The molecule has 0 radical (unpaired) electrons. The second-order valence-corrected chi connectivity index (χ2v) is 4.15. The first-order valence-electron chi connectivity index (χ1n) is 5.60. The summed E-state index contributed by atoms with van der Waals surface area (Å²) in [5, 5.41) is 12.8. The first kappa shape index (κ1) is 13.2. The van der Waals surface area contributed by atoms with E-state index >= 15 is 0 Å². The minimum atomic E-state index is -0.446. The Kier molecular flexibility index (Phi) is 5.46. The van der Waals surface area contributed by atoms with E-state index in [-0.39, 0.29) is 6.04 Å². The molecule has 0 aliphatic heterocycles. The van der Waals surface area contributed by atoms with E-state index in [0.717, 1.165) is 0 Å². The molecule has 0 saturated carbocycles. The maximum atomic E-state index is 9.50. The van der Waals surface area contributed by atoms with Crippen LogP contribution in [0.25, 0.3) is 0 Å². The van der Waals surface area contributed by atoms with E-state index in [2.05, 4.69) is 43.4 Å². The summed E-state index contributed by atoms with van der Waals surface area (Å²) in [4.78, 5) is 0. The summed E-state index contributed by atoms with van der Waals surface area (Å²) in [6.45, 7) is 5.07. The van der Waals surface area contributed by atoms with Crippen LogP contribution in [0, 0.1) is 6.92 Å². The van der Waals surface area contributed by atoms with E-state index in [9.17, 15) is 5.11 Å². The molecule has 1 aromatic carbocycles. The van der Waals surface area contributed by atoms with Gasteiger partial charge in [0.25, 0.3) is 0 Å². The van der Waals surface area contributed by atoms with Crippen LogP contribution in [0.15, 0.2) is 24.3 Å². The van der Waals surface area contributed by atoms with E-state index in [4.69, 9.17) is 4.74 Å². The lowest BCUT2D eigenvalue weighted by Gasteiger charge is -2.17. The Bertz CT molecular complexity index is 297. The average molecular weight is 223 g/mol. The molecule has 0 amide bonds. The van der Waals surface area contributed by atoms with Gasteiger partial charge in [-0.2, -0.15) is 0 Å². The maximum absolute atomic E-state index is 9.50. The Hall–Kier alpha value is -0.900. The fourth-order valence-electron chi connectivity index (χ4n) is 1.54. The summed E-state index contributed by atoms with van der Waals surface area (Å²) in [7, 11) is 1.59. The van der Waals surface area contributed by atoms with Crippen molar-refractivity contribution in [1.29, 1.82) is 0 Å². The zero-order valence-corrected chi connectivity index (χ0v) is 10.2. The Morgan fingerprint density at radius 1 is 1.31 bits per heavy atom. The number of aryl methyl sites for hydroxylation is 1. The molecule has 1 unspecified atom stereocenters. The SMILES string of the molecule is COCC(O)CN[C@@H](C)c1ccc(C)cc1. The van der Waals surface area contributed by atoms with Crippen LogP contribution in [0.5, 0.6) is 0 Å². The van der Waals surface area contributed by atoms with Crippen molar-refractivity contribution < 1.29 is 9.84 Å². The smallest absolute Gasteiger partial charge is 0.0897 e. The van der Waals surface area contributed by atoms with E-state index in [1.165, 1.54) is 11.1 Å². The fraction of sp³-hybridized carbons (Fsp3) is 0.538. The molecule has 3 heteroatoms. The van der Waals surface area contributed by atoms with Gasteiger partial charge in [-0.25, -0.2) is 0 Å². The zero-order chi connectivity index (χ0) is 12.0. The predicted molar refractivity (Wildman–Crippen MR) is 65.5 cm³/mol. The monoisotopic (exact) mass is 223 g/mol. The number of methoxy groups -OCH3 is 1. The summed E-state index contributed by atoms with van der Waals surface area (Å²) in [6.07, 6.45) is -0.446. The molecule has 0 spiro atoms. The molecule has 0 saturated heterocycles. The van der Waals surface area contributed by atoms with Gasteiger partial charge in [-0.15, -0.1) is 0 Å². The number of ether oxygens (including phenoxy) is 1. The Morgan fingerprint density at radius 3 is 2.50 bits per heavy atom. The van der Waals surface area contributed by atoms with Gasteiger partial charge >= 0.3 is 0 Å². The normalized spacial score (nSPS) is 14.8. The number of aliphatic hydroxyl groups excluding tert-OH is 1. The molecule has 0 heterocycles. The van der Waals surface area contributed by atoms with E-state index in [1.54, 1.807) is 7.11 Å². The number of hydrogen-bond acceptors (Lipinski definition) is 3. The van der Waals surface area contributed by atoms with Crippen LogP contribution in [0.3, 0.4) is 0 Å². The minimum Gasteiger partial charge on any atom is -0.389 e. The molecule has 0 aliphatic carbocycles. The van der Waals surface area contributed by atoms with Gasteiger partial charge in [0.2, 0.25) is 0 Å². The van der Waals surface area contributed by atoms with Gasteiger partial charge < -0.3 is 15.2 Å². The lowest BCUT2D eigenvalue weighted by molar-refractivity contribution is 0.0630. The van der Waals surface area contributed by atoms with Gasteiger partial charge in [-0.1, -0.05) is 29.8 Å². The highest BCUT2D eigenvalue weighted by atomic mass is 16.5. The van der Waals surface area contributed by atoms with Crippen molar-refractivity contribution in [1.82, 2.24) is 5.32 Å². The van der Waals surface area contributed by atoms with E-state index in [0.29, 0.717) is 13.2 Å². The third-order valence-electron chi connectivity index (χ3n) is 2.60. The number of hydrogen-bond donors (Lipinski definition) is 2. The third kappa shape index (κ3) is 4.31. The van der Waals surface area contributed by atoms with Crippen molar-refractivity contribution in [3.05, 3.63) is 35.4 Å². The standard InChI is InChI=1S/C13H21NO2/c1-10-4-6-12(7-5-10)11(2)14-8-13(15)9-16-3/h4-7,11,13-15H,8-9H2,1-3H3/t11-,13?/m0/s1. The first-order chi connectivity index (χ1) is 7.63. The highest BCUT2D eigenvalue weighted by Crippen LogP contribution is 2.12. The molecule has 0 aromatic heterocycles. The molecule has 3 nitrogen and oxygen atoms in total. The predicted octanol–water partition coefficient (Wildman–Crippen LogP) is 1.65. The van der Waals surface area contributed by atoms with Gasteiger partial charge in [-0.05, 0) is 19.4 Å². The molecule has 16 heavy (non-hydrogen) atoms. The fourth-order valence-corrected chi connectivity index (χ4v) is 1.54. The molecule has 0 bridgehead atoms. The topological polar surface area (TPSA) is 41.5 Å². The van der Waals surface area contributed by atoms with Crippen LogP contribution in [-0.4, -0.2) is 31.5 Å². The van der Waals surface area contributed by atoms with E-state index < -0.39 is 6.10 Å². The number of rotatable bonds is 6. The highest BCUT2D eigenvalue weighted by molar-refractivity contribution is 5.23. The van der Waals surface area contributed by atoms with Gasteiger partial charge in [0.1, 0.15) is 0 Å².